The van der Waals surface area contributed by atoms with Crippen molar-refractivity contribution in [2.45, 2.75) is 27.2 Å². The Morgan fingerprint density at radius 3 is 1.96 bits per heavy atom. The molecule has 0 saturated heterocycles. The lowest BCUT2D eigenvalue weighted by molar-refractivity contribution is -0.147. The van der Waals surface area contributed by atoms with E-state index in [0.717, 1.165) is 16.7 Å². The summed E-state index contributed by atoms with van der Waals surface area (Å²) in [6.07, 6.45) is 0.423. The molecule has 0 saturated carbocycles. The molecule has 0 fully saturated rings. The standard InChI is InChI=1S/C22H29O5P/c1-4-25-22(23)21(17-28(24,26-5-2)27-6-3)16-18-12-14-20(15-13-18)19-10-8-7-9-11-19/h7-15,21H,4-6,16-17H2,1-3H3/t21-/m1/s1. The maximum absolute atomic E-state index is 12.9. The molecule has 0 aliphatic carbocycles. The van der Waals surface area contributed by atoms with Crippen molar-refractivity contribution in [1.29, 1.82) is 0 Å². The lowest BCUT2D eigenvalue weighted by atomic mass is 9.98. The van der Waals surface area contributed by atoms with Crippen molar-refractivity contribution in [2.24, 2.45) is 5.92 Å². The van der Waals surface area contributed by atoms with Crippen LogP contribution < -0.4 is 0 Å². The summed E-state index contributed by atoms with van der Waals surface area (Å²) in [5, 5.41) is 0. The number of hydrogen-bond acceptors (Lipinski definition) is 5. The molecule has 0 aliphatic rings. The molecule has 1 atom stereocenters. The van der Waals surface area contributed by atoms with Gasteiger partial charge in [-0.3, -0.25) is 9.36 Å². The Morgan fingerprint density at radius 1 is 0.857 bits per heavy atom. The Hall–Kier alpha value is -1.94. The molecule has 2 rings (SSSR count). The van der Waals surface area contributed by atoms with Crippen LogP contribution in [0.25, 0.3) is 11.1 Å². The highest BCUT2D eigenvalue weighted by atomic mass is 31.2. The molecule has 0 aromatic heterocycles. The number of ether oxygens (including phenoxy) is 1. The number of carbonyl (C=O) groups is 1. The van der Waals surface area contributed by atoms with Crippen LogP contribution in [-0.2, 0) is 29.6 Å². The molecule has 0 amide bonds. The molecular weight excluding hydrogens is 375 g/mol. The number of carbonyl (C=O) groups excluding carboxylic acids is 1. The third-order valence-electron chi connectivity index (χ3n) is 4.26. The smallest absolute Gasteiger partial charge is 0.331 e. The van der Waals surface area contributed by atoms with Crippen LogP contribution in [-0.4, -0.2) is 32.0 Å². The molecule has 152 valence electrons. The number of esters is 1. The zero-order valence-electron chi connectivity index (χ0n) is 16.8. The van der Waals surface area contributed by atoms with Crippen LogP contribution in [0.5, 0.6) is 0 Å². The van der Waals surface area contributed by atoms with E-state index in [-0.39, 0.29) is 32.0 Å². The first-order valence-electron chi connectivity index (χ1n) is 9.70. The lowest BCUT2D eigenvalue weighted by Gasteiger charge is -2.22. The Labute approximate surface area is 167 Å². The minimum absolute atomic E-state index is 0.00789. The quantitative estimate of drug-likeness (QED) is 0.374. The molecule has 2 aromatic rings. The fourth-order valence-electron chi connectivity index (χ4n) is 3.04. The molecule has 2 aromatic carbocycles. The van der Waals surface area contributed by atoms with Gasteiger partial charge < -0.3 is 13.8 Å². The van der Waals surface area contributed by atoms with Crippen LogP contribution in [0, 0.1) is 5.92 Å². The summed E-state index contributed by atoms with van der Waals surface area (Å²) in [6, 6.07) is 18.1. The monoisotopic (exact) mass is 404 g/mol. The zero-order valence-corrected chi connectivity index (χ0v) is 17.7. The van der Waals surface area contributed by atoms with Gasteiger partial charge in [-0.05, 0) is 43.9 Å². The molecule has 0 spiro atoms. The van der Waals surface area contributed by atoms with Crippen molar-refractivity contribution >= 4 is 13.6 Å². The Bertz CT molecular complexity index is 763. The van der Waals surface area contributed by atoms with E-state index in [1.165, 1.54) is 0 Å². The molecule has 0 aliphatic heterocycles. The van der Waals surface area contributed by atoms with Gasteiger partial charge in [0.25, 0.3) is 0 Å². The predicted molar refractivity (Wildman–Crippen MR) is 111 cm³/mol. The van der Waals surface area contributed by atoms with Crippen molar-refractivity contribution in [2.75, 3.05) is 26.0 Å². The number of hydrogen-bond donors (Lipinski definition) is 0. The number of benzene rings is 2. The SMILES string of the molecule is CCOC(=O)[C@H](Cc1ccc(-c2ccccc2)cc1)CP(=O)(OCC)OCC. The van der Waals surface area contributed by atoms with Gasteiger partial charge in [-0.25, -0.2) is 0 Å². The Kier molecular flexibility index (Phi) is 8.91. The summed E-state index contributed by atoms with van der Waals surface area (Å²) in [5.74, 6) is -0.972. The molecule has 0 bridgehead atoms. The highest BCUT2D eigenvalue weighted by molar-refractivity contribution is 7.53. The molecule has 0 N–H and O–H groups in total. The van der Waals surface area contributed by atoms with Gasteiger partial charge in [0.05, 0.1) is 31.9 Å². The maximum atomic E-state index is 12.9. The van der Waals surface area contributed by atoms with E-state index in [2.05, 4.69) is 12.1 Å². The summed E-state index contributed by atoms with van der Waals surface area (Å²) in [4.78, 5) is 12.5. The second-order valence-electron chi connectivity index (χ2n) is 6.35. The third kappa shape index (κ3) is 6.59. The second-order valence-corrected chi connectivity index (χ2v) is 8.45. The summed E-state index contributed by atoms with van der Waals surface area (Å²) < 4.78 is 28.8. The molecule has 0 unspecified atom stereocenters. The first-order valence-corrected chi connectivity index (χ1v) is 11.4. The minimum Gasteiger partial charge on any atom is -0.466 e. The average molecular weight is 404 g/mol. The maximum Gasteiger partial charge on any atom is 0.331 e. The van der Waals surface area contributed by atoms with Crippen molar-refractivity contribution in [3.8, 4) is 11.1 Å². The Morgan fingerprint density at radius 2 is 1.43 bits per heavy atom. The van der Waals surface area contributed by atoms with E-state index >= 15 is 0 Å². The van der Waals surface area contributed by atoms with Gasteiger partial charge in [-0.1, -0.05) is 54.6 Å². The van der Waals surface area contributed by atoms with E-state index in [1.807, 2.05) is 42.5 Å². The van der Waals surface area contributed by atoms with Crippen LogP contribution in [0.1, 0.15) is 26.3 Å². The summed E-state index contributed by atoms with van der Waals surface area (Å²) in [5.41, 5.74) is 3.21. The largest absolute Gasteiger partial charge is 0.466 e. The second kappa shape index (κ2) is 11.2. The van der Waals surface area contributed by atoms with Crippen molar-refractivity contribution in [1.82, 2.24) is 0 Å². The van der Waals surface area contributed by atoms with Gasteiger partial charge in [0.2, 0.25) is 0 Å². The van der Waals surface area contributed by atoms with Gasteiger partial charge in [-0.15, -0.1) is 0 Å². The first-order chi connectivity index (χ1) is 13.5. The van der Waals surface area contributed by atoms with Gasteiger partial charge in [0.1, 0.15) is 0 Å². The predicted octanol–water partition coefficient (Wildman–Crippen LogP) is 5.34. The van der Waals surface area contributed by atoms with Crippen LogP contribution in [0.15, 0.2) is 54.6 Å². The third-order valence-corrected chi connectivity index (χ3v) is 6.45. The van der Waals surface area contributed by atoms with Crippen molar-refractivity contribution in [3.05, 3.63) is 60.2 Å². The average Bonchev–Trinajstić information content (AvgIpc) is 2.69. The van der Waals surface area contributed by atoms with Crippen LogP contribution >= 0.6 is 7.60 Å². The molecule has 0 radical (unpaired) electrons. The first kappa shape index (κ1) is 22.4. The van der Waals surface area contributed by atoms with E-state index in [9.17, 15) is 9.36 Å². The molecule has 0 heterocycles. The van der Waals surface area contributed by atoms with Crippen LogP contribution in [0.3, 0.4) is 0 Å². The van der Waals surface area contributed by atoms with Gasteiger partial charge in [-0.2, -0.15) is 0 Å². The fraction of sp³-hybridized carbons (Fsp3) is 0.409. The fourth-order valence-corrected chi connectivity index (χ4v) is 4.93. The minimum atomic E-state index is -3.35. The summed E-state index contributed by atoms with van der Waals surface area (Å²) >= 11 is 0. The topological polar surface area (TPSA) is 61.8 Å². The van der Waals surface area contributed by atoms with Gasteiger partial charge >= 0.3 is 13.6 Å². The van der Waals surface area contributed by atoms with Crippen LogP contribution in [0.4, 0.5) is 0 Å². The van der Waals surface area contributed by atoms with Crippen molar-refractivity contribution in [3.63, 3.8) is 0 Å². The lowest BCUT2D eigenvalue weighted by Crippen LogP contribution is -2.24. The van der Waals surface area contributed by atoms with Crippen LogP contribution in [0.2, 0.25) is 0 Å². The highest BCUT2D eigenvalue weighted by Crippen LogP contribution is 2.50. The number of rotatable bonds is 11. The summed E-state index contributed by atoms with van der Waals surface area (Å²) in [7, 11) is -3.35. The normalized spacial score (nSPS) is 12.5. The highest BCUT2D eigenvalue weighted by Gasteiger charge is 2.33. The van der Waals surface area contributed by atoms with Crippen molar-refractivity contribution < 1.29 is 23.1 Å². The molecular formula is C22H29O5P. The van der Waals surface area contributed by atoms with Gasteiger partial charge in [0.15, 0.2) is 0 Å². The Balaban J connectivity index is 2.17. The van der Waals surface area contributed by atoms with E-state index < -0.39 is 13.5 Å². The van der Waals surface area contributed by atoms with E-state index in [1.54, 1.807) is 20.8 Å². The van der Waals surface area contributed by atoms with E-state index in [4.69, 9.17) is 13.8 Å². The summed E-state index contributed by atoms with van der Waals surface area (Å²) in [6.45, 7) is 6.07. The molecule has 5 nitrogen and oxygen atoms in total. The molecule has 28 heavy (non-hydrogen) atoms. The van der Waals surface area contributed by atoms with E-state index in [0.29, 0.717) is 6.42 Å². The van der Waals surface area contributed by atoms with Gasteiger partial charge in [0, 0.05) is 0 Å². The zero-order chi connectivity index (χ0) is 20.4. The molecule has 6 heteroatoms.